The van der Waals surface area contributed by atoms with Gasteiger partial charge < -0.3 is 5.32 Å². The van der Waals surface area contributed by atoms with Gasteiger partial charge in [0.25, 0.3) is 5.91 Å². The van der Waals surface area contributed by atoms with Crippen LogP contribution < -0.4 is 10.0 Å². The van der Waals surface area contributed by atoms with Crippen molar-refractivity contribution in [3.63, 3.8) is 0 Å². The molecule has 0 unspecified atom stereocenters. The van der Waals surface area contributed by atoms with E-state index < -0.39 is 10.0 Å². The molecular weight excluding hydrogens is 422 g/mol. The fourth-order valence-corrected chi connectivity index (χ4v) is 3.54. The van der Waals surface area contributed by atoms with Crippen molar-refractivity contribution < 1.29 is 13.2 Å². The highest BCUT2D eigenvalue weighted by Gasteiger charge is 2.15. The first-order valence-electron chi connectivity index (χ1n) is 7.71. The van der Waals surface area contributed by atoms with E-state index in [0.717, 1.165) is 0 Å². The highest BCUT2D eigenvalue weighted by atomic mass is 79.9. The van der Waals surface area contributed by atoms with Crippen molar-refractivity contribution in [1.82, 2.24) is 15.4 Å². The zero-order chi connectivity index (χ0) is 18.9. The Balaban J connectivity index is 1.85. The molecule has 0 radical (unpaired) electrons. The minimum absolute atomic E-state index is 0.0124. The molecule has 3 aromatic rings. The molecule has 1 amide bonds. The summed E-state index contributed by atoms with van der Waals surface area (Å²) in [5, 5.41) is 13.3. The summed E-state index contributed by atoms with van der Waals surface area (Å²) in [4.78, 5) is 12.6. The zero-order valence-corrected chi connectivity index (χ0v) is 16.4. The second kappa shape index (κ2) is 7.04. The summed E-state index contributed by atoms with van der Waals surface area (Å²) in [6.45, 7) is 3.33. The number of rotatable bonds is 5. The number of aryl methyl sites for hydroxylation is 1. The zero-order valence-electron chi connectivity index (χ0n) is 14.0. The predicted molar refractivity (Wildman–Crippen MR) is 104 cm³/mol. The average molecular weight is 438 g/mol. The summed E-state index contributed by atoms with van der Waals surface area (Å²) in [7, 11) is -3.36. The van der Waals surface area contributed by atoms with Crippen molar-refractivity contribution in [3.05, 3.63) is 45.9 Å². The van der Waals surface area contributed by atoms with Crippen LogP contribution in [0.2, 0.25) is 0 Å². The van der Waals surface area contributed by atoms with Gasteiger partial charge in [0.1, 0.15) is 11.0 Å². The lowest BCUT2D eigenvalue weighted by Crippen LogP contribution is -2.16. The van der Waals surface area contributed by atoms with E-state index in [1.54, 1.807) is 44.2 Å². The Labute approximate surface area is 158 Å². The summed E-state index contributed by atoms with van der Waals surface area (Å²) in [5.74, 6) is -0.354. The number of nitrogens with one attached hydrogen (secondary N) is 3. The molecule has 0 saturated carbocycles. The lowest BCUT2D eigenvalue weighted by atomic mass is 10.1. The number of hydrogen-bond donors (Lipinski definition) is 3. The first kappa shape index (κ1) is 18.3. The average Bonchev–Trinajstić information content (AvgIpc) is 3.04. The standard InChI is InChI=1S/C16H16BrN5O3S/c1-3-26(24,25)21-13-5-4-11(6-9(13)2)18-16(23)12-7-10(17)8-14-15(12)20-22-19-14/h4-8,21H,3H2,1-2H3,(H,18,23)(H,19,20,22). The molecule has 0 bridgehead atoms. The van der Waals surface area contributed by atoms with Gasteiger partial charge in [0, 0.05) is 10.2 Å². The topological polar surface area (TPSA) is 117 Å². The maximum Gasteiger partial charge on any atom is 0.258 e. The maximum atomic E-state index is 12.6. The molecule has 2 aromatic carbocycles. The number of carbonyl (C=O) groups is 1. The van der Waals surface area contributed by atoms with Crippen LogP contribution in [0.15, 0.2) is 34.8 Å². The Kier molecular flexibility index (Phi) is 4.97. The maximum absolute atomic E-state index is 12.6. The second-order valence-corrected chi connectivity index (χ2v) is 8.56. The number of H-pyrrole nitrogens is 1. The van der Waals surface area contributed by atoms with Crippen LogP contribution >= 0.6 is 15.9 Å². The van der Waals surface area contributed by atoms with Crippen molar-refractivity contribution >= 4 is 54.3 Å². The Bertz CT molecular complexity index is 1090. The molecular formula is C16H16BrN5O3S. The van der Waals surface area contributed by atoms with Gasteiger partial charge in [0.15, 0.2) is 0 Å². The Morgan fingerprint density at radius 2 is 2.00 bits per heavy atom. The SMILES string of the molecule is CCS(=O)(=O)Nc1ccc(NC(=O)c2cc(Br)cc3n[nH]nc23)cc1C. The Hall–Kier alpha value is -2.46. The van der Waals surface area contributed by atoms with Gasteiger partial charge in [0.05, 0.1) is 17.0 Å². The number of hydrogen-bond acceptors (Lipinski definition) is 5. The molecule has 10 heteroatoms. The van der Waals surface area contributed by atoms with Gasteiger partial charge in [-0.05, 0) is 49.7 Å². The van der Waals surface area contributed by atoms with E-state index in [9.17, 15) is 13.2 Å². The first-order chi connectivity index (χ1) is 12.3. The molecule has 0 aliphatic rings. The van der Waals surface area contributed by atoms with E-state index in [-0.39, 0.29) is 11.7 Å². The number of anilines is 2. The van der Waals surface area contributed by atoms with Gasteiger partial charge in [-0.3, -0.25) is 9.52 Å². The molecule has 8 nitrogen and oxygen atoms in total. The Morgan fingerprint density at radius 3 is 2.69 bits per heavy atom. The highest BCUT2D eigenvalue weighted by Crippen LogP contribution is 2.24. The molecule has 136 valence electrons. The minimum Gasteiger partial charge on any atom is -0.322 e. The molecule has 0 fully saturated rings. The van der Waals surface area contributed by atoms with Crippen LogP contribution in [0.25, 0.3) is 11.0 Å². The van der Waals surface area contributed by atoms with Crippen molar-refractivity contribution in [1.29, 1.82) is 0 Å². The molecule has 0 atom stereocenters. The number of nitrogens with zero attached hydrogens (tertiary/aromatic N) is 2. The van der Waals surface area contributed by atoms with E-state index in [2.05, 4.69) is 41.4 Å². The second-order valence-electron chi connectivity index (χ2n) is 5.63. The van der Waals surface area contributed by atoms with Crippen LogP contribution in [0.5, 0.6) is 0 Å². The summed E-state index contributed by atoms with van der Waals surface area (Å²) < 4.78 is 26.6. The van der Waals surface area contributed by atoms with Crippen LogP contribution in [0.3, 0.4) is 0 Å². The number of fused-ring (bicyclic) bond motifs is 1. The fourth-order valence-electron chi connectivity index (χ4n) is 2.38. The molecule has 1 aromatic heterocycles. The predicted octanol–water partition coefficient (Wildman–Crippen LogP) is 3.04. The summed E-state index contributed by atoms with van der Waals surface area (Å²) in [6.07, 6.45) is 0. The normalized spacial score (nSPS) is 11.5. The van der Waals surface area contributed by atoms with Crippen LogP contribution in [-0.4, -0.2) is 35.5 Å². The van der Waals surface area contributed by atoms with E-state index in [1.807, 2.05) is 0 Å². The van der Waals surface area contributed by atoms with Gasteiger partial charge in [-0.2, -0.15) is 15.4 Å². The lowest BCUT2D eigenvalue weighted by molar-refractivity contribution is 0.102. The first-order valence-corrected chi connectivity index (χ1v) is 10.2. The van der Waals surface area contributed by atoms with Crippen LogP contribution in [-0.2, 0) is 10.0 Å². The van der Waals surface area contributed by atoms with Gasteiger partial charge in [-0.25, -0.2) is 8.42 Å². The number of halogens is 1. The third-order valence-electron chi connectivity index (χ3n) is 3.76. The van der Waals surface area contributed by atoms with Gasteiger partial charge in [0.2, 0.25) is 10.0 Å². The molecule has 26 heavy (non-hydrogen) atoms. The smallest absolute Gasteiger partial charge is 0.258 e. The summed E-state index contributed by atoms with van der Waals surface area (Å²) >= 11 is 3.35. The molecule has 3 N–H and O–H groups in total. The van der Waals surface area contributed by atoms with Crippen molar-refractivity contribution in [2.24, 2.45) is 0 Å². The number of carbonyl (C=O) groups excluding carboxylic acids is 1. The summed E-state index contributed by atoms with van der Waals surface area (Å²) in [5.41, 5.74) is 3.13. The number of sulfonamides is 1. The van der Waals surface area contributed by atoms with Crippen LogP contribution in [0, 0.1) is 6.92 Å². The van der Waals surface area contributed by atoms with E-state index in [0.29, 0.717) is 38.0 Å². The van der Waals surface area contributed by atoms with Crippen LogP contribution in [0.4, 0.5) is 11.4 Å². The molecule has 0 aliphatic heterocycles. The number of aromatic nitrogens is 3. The van der Waals surface area contributed by atoms with Gasteiger partial charge >= 0.3 is 0 Å². The molecule has 1 heterocycles. The lowest BCUT2D eigenvalue weighted by Gasteiger charge is -2.12. The van der Waals surface area contributed by atoms with Crippen molar-refractivity contribution in [2.45, 2.75) is 13.8 Å². The summed E-state index contributed by atoms with van der Waals surface area (Å²) in [6, 6.07) is 8.37. The Morgan fingerprint density at radius 1 is 1.23 bits per heavy atom. The van der Waals surface area contributed by atoms with Gasteiger partial charge in [-0.1, -0.05) is 15.9 Å². The van der Waals surface area contributed by atoms with E-state index >= 15 is 0 Å². The third-order valence-corrected chi connectivity index (χ3v) is 5.51. The third kappa shape index (κ3) is 3.86. The number of amides is 1. The van der Waals surface area contributed by atoms with E-state index in [4.69, 9.17) is 0 Å². The molecule has 0 saturated heterocycles. The quantitative estimate of drug-likeness (QED) is 0.566. The number of aromatic amines is 1. The molecule has 0 spiro atoms. The monoisotopic (exact) mass is 437 g/mol. The highest BCUT2D eigenvalue weighted by molar-refractivity contribution is 9.10. The molecule has 0 aliphatic carbocycles. The van der Waals surface area contributed by atoms with Crippen molar-refractivity contribution in [2.75, 3.05) is 15.8 Å². The minimum atomic E-state index is -3.36. The van der Waals surface area contributed by atoms with E-state index in [1.165, 1.54) is 0 Å². The molecule has 3 rings (SSSR count). The van der Waals surface area contributed by atoms with Crippen LogP contribution in [0.1, 0.15) is 22.8 Å². The largest absolute Gasteiger partial charge is 0.322 e. The van der Waals surface area contributed by atoms with Crippen molar-refractivity contribution in [3.8, 4) is 0 Å². The fraction of sp³-hybridized carbons (Fsp3) is 0.188. The number of benzene rings is 2. The van der Waals surface area contributed by atoms with Gasteiger partial charge in [-0.15, -0.1) is 0 Å².